The van der Waals surface area contributed by atoms with Crippen molar-refractivity contribution < 1.29 is 23.9 Å². The lowest BCUT2D eigenvalue weighted by Crippen LogP contribution is -2.36. The second-order valence-corrected chi connectivity index (χ2v) is 12.8. The molecule has 222 valence electrons. The number of thioether (sulfide) groups is 1. The molecule has 42 heavy (non-hydrogen) atoms. The maximum Gasteiger partial charge on any atom is 0.415 e. The van der Waals surface area contributed by atoms with E-state index in [0.29, 0.717) is 29.4 Å². The molecule has 3 aromatic rings. The van der Waals surface area contributed by atoms with Crippen molar-refractivity contribution in [2.45, 2.75) is 58.0 Å². The lowest BCUT2D eigenvalue weighted by atomic mass is 9.84. The van der Waals surface area contributed by atoms with Crippen molar-refractivity contribution in [3.63, 3.8) is 0 Å². The highest BCUT2D eigenvalue weighted by molar-refractivity contribution is 7.98. The Hall–Kier alpha value is -3.29. The lowest BCUT2D eigenvalue weighted by molar-refractivity contribution is -0.129. The normalized spacial score (nSPS) is 16.8. The number of rotatable bonds is 10. The van der Waals surface area contributed by atoms with Gasteiger partial charge in [-0.05, 0) is 113 Å². The number of amides is 1. The van der Waals surface area contributed by atoms with Crippen LogP contribution in [0.15, 0.2) is 65.6 Å². The van der Waals surface area contributed by atoms with Gasteiger partial charge in [0.1, 0.15) is 11.5 Å². The molecule has 2 atom stereocenters. The number of hydrogen-bond donors (Lipinski definition) is 0. The first-order chi connectivity index (χ1) is 19.9. The fourth-order valence-corrected chi connectivity index (χ4v) is 5.81. The van der Waals surface area contributed by atoms with Crippen LogP contribution >= 0.6 is 23.4 Å². The monoisotopic (exact) mass is 607 g/mol. The van der Waals surface area contributed by atoms with E-state index in [1.165, 1.54) is 6.92 Å². The summed E-state index contributed by atoms with van der Waals surface area (Å²) >= 11 is 7.60. The Labute approximate surface area is 257 Å². The van der Waals surface area contributed by atoms with Crippen molar-refractivity contribution in [2.24, 2.45) is 11.8 Å². The van der Waals surface area contributed by atoms with Gasteiger partial charge in [0.05, 0.1) is 0 Å². The quantitative estimate of drug-likeness (QED) is 0.172. The van der Waals surface area contributed by atoms with E-state index >= 15 is 0 Å². The Balaban J connectivity index is 1.52. The zero-order chi connectivity index (χ0) is 30.6. The Bertz CT molecular complexity index is 1430. The number of halogens is 1. The molecule has 1 fully saturated rings. The van der Waals surface area contributed by atoms with Gasteiger partial charge in [-0.3, -0.25) is 9.59 Å². The fourth-order valence-electron chi connectivity index (χ4n) is 5.27. The maximum absolute atomic E-state index is 13.7. The molecule has 8 heteroatoms. The maximum atomic E-state index is 13.7. The summed E-state index contributed by atoms with van der Waals surface area (Å²) in [6, 6.07) is 18.5. The number of benzene rings is 3. The van der Waals surface area contributed by atoms with Crippen LogP contribution in [0.5, 0.6) is 11.5 Å². The van der Waals surface area contributed by atoms with Gasteiger partial charge in [-0.1, -0.05) is 35.9 Å². The highest BCUT2D eigenvalue weighted by atomic mass is 35.5. The van der Waals surface area contributed by atoms with Crippen LogP contribution in [0.2, 0.25) is 5.02 Å². The molecule has 3 aromatic carbocycles. The van der Waals surface area contributed by atoms with Crippen LogP contribution in [0, 0.1) is 25.7 Å². The Kier molecular flexibility index (Phi) is 10.1. The van der Waals surface area contributed by atoms with Gasteiger partial charge in [0.2, 0.25) is 0 Å². The van der Waals surface area contributed by atoms with Gasteiger partial charge in [0.15, 0.2) is 17.2 Å². The van der Waals surface area contributed by atoms with Gasteiger partial charge < -0.3 is 14.4 Å². The van der Waals surface area contributed by atoms with Gasteiger partial charge in [0, 0.05) is 34.5 Å². The van der Waals surface area contributed by atoms with Crippen LogP contribution in [0.25, 0.3) is 0 Å². The van der Waals surface area contributed by atoms with Crippen LogP contribution in [0.1, 0.15) is 54.2 Å². The van der Waals surface area contributed by atoms with Crippen LogP contribution in [-0.4, -0.2) is 47.5 Å². The van der Waals surface area contributed by atoms with Gasteiger partial charge in [0.25, 0.3) is 0 Å². The minimum Gasteiger partial charge on any atom is -0.480 e. The minimum absolute atomic E-state index is 0.0375. The number of likely N-dealkylation sites (tertiary alicyclic amines) is 1. The van der Waals surface area contributed by atoms with E-state index in [-0.39, 0.29) is 23.4 Å². The summed E-state index contributed by atoms with van der Waals surface area (Å²) < 4.78 is 11.7. The van der Waals surface area contributed by atoms with Gasteiger partial charge in [-0.2, -0.15) is 0 Å². The zero-order valence-electron chi connectivity index (χ0n) is 25.0. The van der Waals surface area contributed by atoms with Crippen LogP contribution < -0.4 is 9.47 Å². The number of ketones is 2. The molecular formula is C34H38ClNO5S. The molecule has 0 saturated carbocycles. The van der Waals surface area contributed by atoms with E-state index in [4.69, 9.17) is 21.1 Å². The summed E-state index contributed by atoms with van der Waals surface area (Å²) in [5.41, 5.74) is 2.78. The SMILES string of the molecule is CSc1ccc(C(=O)[C@@H]2CN(C(=O)Oc3ccc(Cl)cc3)C[C@H]2CCc2cc(C)c(OC(C)(C)C(C)=O)c(C)c2)cc1. The summed E-state index contributed by atoms with van der Waals surface area (Å²) in [5.74, 6) is 0.747. The third-order valence-corrected chi connectivity index (χ3v) is 8.95. The number of nitrogens with zero attached hydrogens (tertiary/aromatic N) is 1. The lowest BCUT2D eigenvalue weighted by Gasteiger charge is -2.26. The smallest absolute Gasteiger partial charge is 0.415 e. The second kappa shape index (κ2) is 13.3. The fraction of sp³-hybridized carbons (Fsp3) is 0.382. The molecule has 1 aliphatic rings. The van der Waals surface area contributed by atoms with E-state index in [1.54, 1.807) is 54.8 Å². The molecule has 0 spiro atoms. The van der Waals surface area contributed by atoms with E-state index < -0.39 is 11.7 Å². The first-order valence-electron chi connectivity index (χ1n) is 14.1. The largest absolute Gasteiger partial charge is 0.480 e. The topological polar surface area (TPSA) is 72.9 Å². The number of aryl methyl sites for hydroxylation is 3. The molecule has 0 radical (unpaired) electrons. The van der Waals surface area contributed by atoms with E-state index in [0.717, 1.165) is 40.2 Å². The van der Waals surface area contributed by atoms with Gasteiger partial charge in [-0.25, -0.2) is 4.79 Å². The zero-order valence-corrected chi connectivity index (χ0v) is 26.6. The molecule has 1 heterocycles. The summed E-state index contributed by atoms with van der Waals surface area (Å²) in [7, 11) is 0. The Morgan fingerprint density at radius 1 is 0.976 bits per heavy atom. The van der Waals surface area contributed by atoms with Crippen LogP contribution in [0.3, 0.4) is 0 Å². The Morgan fingerprint density at radius 2 is 1.60 bits per heavy atom. The third kappa shape index (κ3) is 7.56. The second-order valence-electron chi connectivity index (χ2n) is 11.5. The average Bonchev–Trinajstić information content (AvgIpc) is 3.39. The molecule has 4 rings (SSSR count). The Morgan fingerprint density at radius 3 is 2.17 bits per heavy atom. The molecule has 0 aliphatic carbocycles. The van der Waals surface area contributed by atoms with Crippen molar-refractivity contribution in [1.29, 1.82) is 0 Å². The number of ether oxygens (including phenoxy) is 2. The molecule has 0 N–H and O–H groups in total. The summed E-state index contributed by atoms with van der Waals surface area (Å²) in [6.45, 7) is 9.77. The van der Waals surface area contributed by atoms with Gasteiger partial charge in [-0.15, -0.1) is 11.8 Å². The predicted molar refractivity (Wildman–Crippen MR) is 168 cm³/mol. The molecule has 0 aromatic heterocycles. The van der Waals surface area contributed by atoms with Gasteiger partial charge >= 0.3 is 6.09 Å². The number of hydrogen-bond acceptors (Lipinski definition) is 6. The highest BCUT2D eigenvalue weighted by Crippen LogP contribution is 2.34. The molecule has 1 aliphatic heterocycles. The van der Waals surface area contributed by atoms with Crippen LogP contribution in [-0.2, 0) is 11.2 Å². The summed E-state index contributed by atoms with van der Waals surface area (Å²) in [5, 5.41) is 0.557. The summed E-state index contributed by atoms with van der Waals surface area (Å²) in [6.07, 6.45) is 2.98. The van der Waals surface area contributed by atoms with Crippen molar-refractivity contribution in [1.82, 2.24) is 4.90 Å². The van der Waals surface area contributed by atoms with Crippen molar-refractivity contribution in [3.8, 4) is 11.5 Å². The number of carbonyl (C=O) groups excluding carboxylic acids is 3. The van der Waals surface area contributed by atoms with E-state index in [2.05, 4.69) is 12.1 Å². The molecular weight excluding hydrogens is 570 g/mol. The molecule has 1 saturated heterocycles. The van der Waals surface area contributed by atoms with E-state index in [1.807, 2.05) is 44.4 Å². The third-order valence-electron chi connectivity index (χ3n) is 7.96. The van der Waals surface area contributed by atoms with Crippen molar-refractivity contribution >= 4 is 41.0 Å². The highest BCUT2D eigenvalue weighted by Gasteiger charge is 2.40. The molecule has 0 bridgehead atoms. The van der Waals surface area contributed by atoms with E-state index in [9.17, 15) is 14.4 Å². The predicted octanol–water partition coefficient (Wildman–Crippen LogP) is 7.99. The standard InChI is InChI=1S/C34H38ClNO5S/c1-21-17-24(18-22(2)32(21)41-34(4,5)23(3)37)7-8-26-19-36(33(39)40-28-13-11-27(35)12-14-28)20-30(26)31(38)25-9-15-29(42-6)16-10-25/h9-18,26,30H,7-8,19-20H2,1-6H3/t26-,30-/m1/s1. The molecule has 1 amide bonds. The minimum atomic E-state index is -0.910. The molecule has 6 nitrogen and oxygen atoms in total. The van der Waals surface area contributed by atoms with Crippen LogP contribution in [0.4, 0.5) is 4.79 Å². The average molecular weight is 608 g/mol. The first-order valence-corrected chi connectivity index (χ1v) is 15.7. The number of carbonyl (C=O) groups is 3. The first kappa shape index (κ1) is 31.6. The van der Waals surface area contributed by atoms with Crippen molar-refractivity contribution in [3.05, 3.63) is 87.9 Å². The molecule has 0 unspecified atom stereocenters. The summed E-state index contributed by atoms with van der Waals surface area (Å²) in [4.78, 5) is 41.6. The number of Topliss-reactive ketones (excluding diaryl/α,β-unsaturated/α-hetero) is 2. The van der Waals surface area contributed by atoms with Crippen molar-refractivity contribution in [2.75, 3.05) is 19.3 Å².